The zero-order chi connectivity index (χ0) is 17.6. The Kier molecular flexibility index (Phi) is 4.85. The van der Waals surface area contributed by atoms with Crippen molar-refractivity contribution in [2.75, 3.05) is 7.11 Å². The lowest BCUT2D eigenvalue weighted by Crippen LogP contribution is -2.00. The maximum absolute atomic E-state index is 11.6. The summed E-state index contributed by atoms with van der Waals surface area (Å²) in [5.41, 5.74) is 2.86. The molecule has 5 heteroatoms. The number of carbonyl (C=O) groups is 1. The van der Waals surface area contributed by atoms with E-state index in [0.29, 0.717) is 5.69 Å². The van der Waals surface area contributed by atoms with Crippen molar-refractivity contribution < 1.29 is 14.6 Å². The van der Waals surface area contributed by atoms with E-state index in [-0.39, 0.29) is 17.0 Å². The number of nitrogens with zero attached hydrogens (tertiary/aromatic N) is 2. The van der Waals surface area contributed by atoms with Gasteiger partial charge in [0.05, 0.1) is 12.8 Å². The smallest absolute Gasteiger partial charge is 0.341 e. The van der Waals surface area contributed by atoms with Crippen molar-refractivity contribution in [1.29, 1.82) is 0 Å². The molecule has 124 valence electrons. The first-order valence-electron chi connectivity index (χ1n) is 7.67. The van der Waals surface area contributed by atoms with Crippen molar-refractivity contribution in [1.82, 2.24) is 0 Å². The highest BCUT2D eigenvalue weighted by molar-refractivity contribution is 5.94. The van der Waals surface area contributed by atoms with Gasteiger partial charge >= 0.3 is 5.97 Å². The first-order chi connectivity index (χ1) is 12.2. The van der Waals surface area contributed by atoms with Gasteiger partial charge in [-0.1, -0.05) is 54.6 Å². The van der Waals surface area contributed by atoms with Crippen LogP contribution in [0, 0.1) is 0 Å². The summed E-state index contributed by atoms with van der Waals surface area (Å²) in [6.45, 7) is 0. The van der Waals surface area contributed by atoms with Crippen LogP contribution in [0.4, 0.5) is 11.4 Å². The first-order valence-corrected chi connectivity index (χ1v) is 7.67. The minimum absolute atomic E-state index is 0.0512. The Bertz CT molecular complexity index is 921. The fourth-order valence-corrected chi connectivity index (χ4v) is 2.42. The first kappa shape index (κ1) is 16.4. The van der Waals surface area contributed by atoms with Gasteiger partial charge in [0.25, 0.3) is 0 Å². The van der Waals surface area contributed by atoms with Crippen LogP contribution < -0.4 is 0 Å². The van der Waals surface area contributed by atoms with Crippen LogP contribution in [0.2, 0.25) is 0 Å². The van der Waals surface area contributed by atoms with Crippen LogP contribution >= 0.6 is 0 Å². The highest BCUT2D eigenvalue weighted by Crippen LogP contribution is 2.34. The Morgan fingerprint density at radius 1 is 0.840 bits per heavy atom. The van der Waals surface area contributed by atoms with Crippen LogP contribution in [-0.2, 0) is 4.74 Å². The van der Waals surface area contributed by atoms with E-state index >= 15 is 0 Å². The van der Waals surface area contributed by atoms with Gasteiger partial charge in [0, 0.05) is 5.56 Å². The summed E-state index contributed by atoms with van der Waals surface area (Å²) in [5, 5.41) is 18.6. The van der Waals surface area contributed by atoms with Gasteiger partial charge in [-0.15, -0.1) is 10.2 Å². The van der Waals surface area contributed by atoms with Gasteiger partial charge in [-0.3, -0.25) is 0 Å². The summed E-state index contributed by atoms with van der Waals surface area (Å²) in [5.74, 6) is -0.880. The van der Waals surface area contributed by atoms with E-state index in [9.17, 15) is 9.90 Å². The van der Waals surface area contributed by atoms with E-state index in [1.54, 1.807) is 12.1 Å². The number of hydrogen-bond donors (Lipinski definition) is 1. The second-order valence-electron chi connectivity index (χ2n) is 5.25. The number of methoxy groups -OCH3 is 1. The second-order valence-corrected chi connectivity index (χ2v) is 5.25. The third-order valence-electron chi connectivity index (χ3n) is 3.67. The molecular weight excluding hydrogens is 316 g/mol. The lowest BCUT2D eigenvalue weighted by atomic mass is 10.0. The number of azo groups is 1. The fourth-order valence-electron chi connectivity index (χ4n) is 2.42. The molecule has 3 aromatic rings. The quantitative estimate of drug-likeness (QED) is 0.523. The van der Waals surface area contributed by atoms with E-state index in [4.69, 9.17) is 0 Å². The molecule has 0 bridgehead atoms. The van der Waals surface area contributed by atoms with Crippen LogP contribution in [0.1, 0.15) is 10.4 Å². The summed E-state index contributed by atoms with van der Waals surface area (Å²) in [6, 6.07) is 22.1. The number of phenols is 1. The van der Waals surface area contributed by atoms with Gasteiger partial charge in [0.15, 0.2) is 5.75 Å². The van der Waals surface area contributed by atoms with Crippen molar-refractivity contribution in [3.8, 4) is 16.9 Å². The number of hydrogen-bond acceptors (Lipinski definition) is 5. The molecule has 0 amide bonds. The number of rotatable bonds is 4. The van der Waals surface area contributed by atoms with Crippen LogP contribution in [0.15, 0.2) is 83.0 Å². The minimum atomic E-state index is -0.626. The van der Waals surface area contributed by atoms with Crippen LogP contribution in [-0.4, -0.2) is 18.2 Å². The highest BCUT2D eigenvalue weighted by Gasteiger charge is 2.14. The monoisotopic (exact) mass is 332 g/mol. The van der Waals surface area contributed by atoms with Gasteiger partial charge in [-0.2, -0.15) is 0 Å². The largest absolute Gasteiger partial charge is 0.505 e. The zero-order valence-electron chi connectivity index (χ0n) is 13.6. The van der Waals surface area contributed by atoms with E-state index in [2.05, 4.69) is 15.0 Å². The molecule has 5 nitrogen and oxygen atoms in total. The van der Waals surface area contributed by atoms with Gasteiger partial charge in [0.2, 0.25) is 0 Å². The molecule has 0 unspecified atom stereocenters. The molecule has 25 heavy (non-hydrogen) atoms. The number of benzene rings is 3. The van der Waals surface area contributed by atoms with Gasteiger partial charge < -0.3 is 9.84 Å². The topological polar surface area (TPSA) is 71.2 Å². The van der Waals surface area contributed by atoms with Crippen molar-refractivity contribution in [3.63, 3.8) is 0 Å². The van der Waals surface area contributed by atoms with E-state index in [1.807, 2.05) is 54.6 Å². The molecule has 0 aliphatic heterocycles. The average Bonchev–Trinajstić information content (AvgIpc) is 2.67. The molecule has 0 saturated heterocycles. The molecule has 3 rings (SSSR count). The molecule has 1 N–H and O–H groups in total. The number of esters is 1. The van der Waals surface area contributed by atoms with E-state index < -0.39 is 5.97 Å². The maximum atomic E-state index is 11.6. The standard InChI is InChI=1S/C20H16N2O3/c1-25-20(24)16-11-7-13-18(19(16)23)22-21-17-12-6-5-10-15(17)14-8-3-2-4-9-14/h2-13,23H,1H3. The van der Waals surface area contributed by atoms with Crippen molar-refractivity contribution in [3.05, 3.63) is 78.4 Å². The minimum Gasteiger partial charge on any atom is -0.505 e. The molecule has 0 radical (unpaired) electrons. The molecule has 0 saturated carbocycles. The Hall–Kier alpha value is -3.47. The Labute approximate surface area is 145 Å². The summed E-state index contributed by atoms with van der Waals surface area (Å²) in [4.78, 5) is 11.6. The highest BCUT2D eigenvalue weighted by atomic mass is 16.5. The van der Waals surface area contributed by atoms with E-state index in [1.165, 1.54) is 13.2 Å². The molecule has 0 aromatic heterocycles. The van der Waals surface area contributed by atoms with Crippen molar-refractivity contribution >= 4 is 17.3 Å². The number of ether oxygens (including phenoxy) is 1. The molecule has 0 aliphatic carbocycles. The molecular formula is C20H16N2O3. The lowest BCUT2D eigenvalue weighted by Gasteiger charge is -2.06. The maximum Gasteiger partial charge on any atom is 0.341 e. The summed E-state index contributed by atoms with van der Waals surface area (Å²) in [6.07, 6.45) is 0. The van der Waals surface area contributed by atoms with E-state index in [0.717, 1.165) is 11.1 Å². The summed E-state index contributed by atoms with van der Waals surface area (Å²) >= 11 is 0. The van der Waals surface area contributed by atoms with Gasteiger partial charge in [0.1, 0.15) is 11.3 Å². The third-order valence-corrected chi connectivity index (χ3v) is 3.67. The number of aromatic hydroxyl groups is 1. The summed E-state index contributed by atoms with van der Waals surface area (Å²) in [7, 11) is 1.26. The predicted octanol–water partition coefficient (Wildman–Crippen LogP) is 5.26. The summed E-state index contributed by atoms with van der Waals surface area (Å²) < 4.78 is 4.64. The number of carbonyl (C=O) groups excluding carboxylic acids is 1. The lowest BCUT2D eigenvalue weighted by molar-refractivity contribution is 0.0597. The molecule has 0 aliphatic rings. The van der Waals surface area contributed by atoms with Gasteiger partial charge in [-0.05, 0) is 23.8 Å². The van der Waals surface area contributed by atoms with Gasteiger partial charge in [-0.25, -0.2) is 4.79 Å². The normalized spacial score (nSPS) is 10.8. The number of phenolic OH excluding ortho intramolecular Hbond substituents is 1. The Balaban J connectivity index is 1.98. The fraction of sp³-hybridized carbons (Fsp3) is 0.0500. The third kappa shape index (κ3) is 3.55. The molecule has 0 fully saturated rings. The molecule has 0 heterocycles. The predicted molar refractivity (Wildman–Crippen MR) is 95.5 cm³/mol. The zero-order valence-corrected chi connectivity index (χ0v) is 13.6. The molecule has 3 aromatic carbocycles. The van der Waals surface area contributed by atoms with Crippen LogP contribution in [0.5, 0.6) is 5.75 Å². The molecule has 0 atom stereocenters. The van der Waals surface area contributed by atoms with Crippen molar-refractivity contribution in [2.24, 2.45) is 10.2 Å². The average molecular weight is 332 g/mol. The van der Waals surface area contributed by atoms with Crippen LogP contribution in [0.25, 0.3) is 11.1 Å². The van der Waals surface area contributed by atoms with Crippen LogP contribution in [0.3, 0.4) is 0 Å². The Morgan fingerprint density at radius 3 is 2.24 bits per heavy atom. The molecule has 0 spiro atoms. The van der Waals surface area contributed by atoms with Crippen molar-refractivity contribution in [2.45, 2.75) is 0 Å². The second kappa shape index (κ2) is 7.40. The Morgan fingerprint density at radius 2 is 1.48 bits per heavy atom. The SMILES string of the molecule is COC(=O)c1cccc(N=Nc2ccccc2-c2ccccc2)c1O. The number of para-hydroxylation sites is 1.